The first kappa shape index (κ1) is 12.5. The first-order valence-electron chi connectivity index (χ1n) is 5.65. The predicted molar refractivity (Wildman–Crippen MR) is 67.4 cm³/mol. The van der Waals surface area contributed by atoms with E-state index in [4.69, 9.17) is 4.74 Å². The van der Waals surface area contributed by atoms with Crippen molar-refractivity contribution in [3.05, 3.63) is 41.3 Å². The zero-order valence-corrected chi connectivity index (χ0v) is 10.5. The van der Waals surface area contributed by atoms with Crippen LogP contribution in [0.15, 0.2) is 35.0 Å². The minimum Gasteiger partial charge on any atom is -0.406 e. The van der Waals surface area contributed by atoms with Crippen molar-refractivity contribution in [1.82, 2.24) is 0 Å². The summed E-state index contributed by atoms with van der Waals surface area (Å²) in [5.41, 5.74) is 0.105. The van der Waals surface area contributed by atoms with Gasteiger partial charge in [0, 0.05) is 11.0 Å². The monoisotopic (exact) mass is 247 g/mol. The van der Waals surface area contributed by atoms with Crippen LogP contribution in [0.2, 0.25) is 0 Å². The van der Waals surface area contributed by atoms with Gasteiger partial charge in [0.05, 0.1) is 0 Å². The fraction of sp³-hybridized carbons (Fsp3) is 0.286. The molecule has 0 aliphatic carbocycles. The minimum atomic E-state index is -0.539. The quantitative estimate of drug-likeness (QED) is 0.564. The zero-order chi connectivity index (χ0) is 13.3. The number of ether oxygens (including phenoxy) is 1. The molecular formula is C14H14FNO2. The first-order valence-corrected chi connectivity index (χ1v) is 5.65. The van der Waals surface area contributed by atoms with Gasteiger partial charge in [-0.1, -0.05) is 39.0 Å². The maximum atomic E-state index is 13.5. The van der Waals surface area contributed by atoms with Crippen molar-refractivity contribution < 1.29 is 13.9 Å². The second kappa shape index (κ2) is 4.37. The minimum absolute atomic E-state index is 0.130. The molecule has 18 heavy (non-hydrogen) atoms. The molecule has 0 atom stereocenters. The first-order chi connectivity index (χ1) is 8.38. The van der Waals surface area contributed by atoms with Gasteiger partial charge >= 0.3 is 5.97 Å². The van der Waals surface area contributed by atoms with Crippen molar-refractivity contribution in [2.75, 3.05) is 0 Å². The Balaban J connectivity index is 2.38. The van der Waals surface area contributed by atoms with Crippen LogP contribution in [0, 0.1) is 11.2 Å². The lowest BCUT2D eigenvalue weighted by Gasteiger charge is -2.15. The molecule has 0 saturated carbocycles. The van der Waals surface area contributed by atoms with Crippen molar-refractivity contribution in [1.29, 1.82) is 0 Å². The number of carbonyl (C=O) groups is 1. The van der Waals surface area contributed by atoms with Crippen LogP contribution in [0.4, 0.5) is 4.39 Å². The topological polar surface area (TPSA) is 38.7 Å². The van der Waals surface area contributed by atoms with Gasteiger partial charge in [-0.15, -0.1) is 0 Å². The van der Waals surface area contributed by atoms with E-state index >= 15 is 0 Å². The maximum absolute atomic E-state index is 13.5. The summed E-state index contributed by atoms with van der Waals surface area (Å²) in [6, 6.07) is 6.21. The number of nitrogens with zero attached hydrogens (tertiary/aromatic N) is 1. The highest BCUT2D eigenvalue weighted by molar-refractivity contribution is 6.08. The molecule has 1 aliphatic heterocycles. The highest BCUT2D eigenvalue weighted by Crippen LogP contribution is 2.25. The molecule has 0 amide bonds. The van der Waals surface area contributed by atoms with Gasteiger partial charge < -0.3 is 4.74 Å². The van der Waals surface area contributed by atoms with E-state index in [0.29, 0.717) is 11.5 Å². The number of carbonyl (C=O) groups excluding carboxylic acids is 1. The molecule has 0 unspecified atom stereocenters. The molecule has 1 aliphatic rings. The summed E-state index contributed by atoms with van der Waals surface area (Å²) in [6.07, 6.45) is 1.40. The molecule has 0 spiro atoms. The van der Waals surface area contributed by atoms with Gasteiger partial charge in [0.15, 0.2) is 5.70 Å². The summed E-state index contributed by atoms with van der Waals surface area (Å²) in [5, 5.41) is 0. The maximum Gasteiger partial charge on any atom is 0.363 e. The fourth-order valence-electron chi connectivity index (χ4n) is 1.47. The Morgan fingerprint density at radius 1 is 1.28 bits per heavy atom. The van der Waals surface area contributed by atoms with Crippen LogP contribution in [0.3, 0.4) is 0 Å². The average molecular weight is 247 g/mol. The molecule has 0 radical (unpaired) electrons. The third kappa shape index (κ3) is 2.47. The van der Waals surface area contributed by atoms with Crippen molar-refractivity contribution >= 4 is 17.9 Å². The van der Waals surface area contributed by atoms with Crippen molar-refractivity contribution in [3.63, 3.8) is 0 Å². The molecule has 2 rings (SSSR count). The molecule has 1 aromatic rings. The second-order valence-corrected chi connectivity index (χ2v) is 5.11. The van der Waals surface area contributed by atoms with E-state index in [2.05, 4.69) is 4.99 Å². The zero-order valence-electron chi connectivity index (χ0n) is 10.5. The van der Waals surface area contributed by atoms with Crippen molar-refractivity contribution in [2.45, 2.75) is 20.8 Å². The molecule has 0 aromatic heterocycles. The normalized spacial score (nSPS) is 17.9. The Labute approximate surface area is 105 Å². The molecular weight excluding hydrogens is 233 g/mol. The van der Waals surface area contributed by atoms with Gasteiger partial charge in [-0.3, -0.25) is 0 Å². The van der Waals surface area contributed by atoms with E-state index < -0.39 is 11.8 Å². The number of hydrogen-bond acceptors (Lipinski definition) is 3. The van der Waals surface area contributed by atoms with E-state index in [1.807, 2.05) is 20.8 Å². The van der Waals surface area contributed by atoms with Crippen LogP contribution < -0.4 is 0 Å². The number of halogens is 1. The lowest BCUT2D eigenvalue weighted by atomic mass is 9.97. The van der Waals surface area contributed by atoms with E-state index in [1.165, 1.54) is 12.1 Å². The van der Waals surface area contributed by atoms with E-state index in [-0.39, 0.29) is 11.1 Å². The lowest BCUT2D eigenvalue weighted by Crippen LogP contribution is -2.21. The summed E-state index contributed by atoms with van der Waals surface area (Å²) in [6.45, 7) is 5.68. The largest absolute Gasteiger partial charge is 0.406 e. The van der Waals surface area contributed by atoms with E-state index in [9.17, 15) is 9.18 Å². The predicted octanol–water partition coefficient (Wildman–Crippen LogP) is 3.17. The Bertz CT molecular complexity index is 553. The highest BCUT2D eigenvalue weighted by atomic mass is 19.1. The highest BCUT2D eigenvalue weighted by Gasteiger charge is 2.31. The van der Waals surface area contributed by atoms with Crippen molar-refractivity contribution in [3.8, 4) is 0 Å². The molecule has 1 aromatic carbocycles. The molecule has 1 heterocycles. The Hall–Kier alpha value is -1.97. The van der Waals surface area contributed by atoms with Crippen LogP contribution in [-0.2, 0) is 9.53 Å². The van der Waals surface area contributed by atoms with E-state index in [1.54, 1.807) is 18.2 Å². The SMILES string of the molecule is CC(C)(C)C1=N/C(=C\c2ccccc2F)C(=O)O1. The Morgan fingerprint density at radius 2 is 1.94 bits per heavy atom. The summed E-state index contributed by atoms with van der Waals surface area (Å²) in [5.74, 6) is -0.574. The number of esters is 1. The second-order valence-electron chi connectivity index (χ2n) is 5.11. The molecule has 4 heteroatoms. The van der Waals surface area contributed by atoms with Crippen molar-refractivity contribution in [2.24, 2.45) is 10.4 Å². The third-order valence-electron chi connectivity index (χ3n) is 2.46. The van der Waals surface area contributed by atoms with Gasteiger partial charge in [0.25, 0.3) is 0 Å². The van der Waals surface area contributed by atoms with Gasteiger partial charge in [-0.05, 0) is 12.1 Å². The molecule has 0 fully saturated rings. The average Bonchev–Trinajstić information content (AvgIpc) is 2.63. The van der Waals surface area contributed by atoms with Gasteiger partial charge in [-0.25, -0.2) is 14.2 Å². The fourth-order valence-corrected chi connectivity index (χ4v) is 1.47. The van der Waals surface area contributed by atoms with Gasteiger partial charge in [-0.2, -0.15) is 0 Å². The van der Waals surface area contributed by atoms with Crippen LogP contribution in [0.5, 0.6) is 0 Å². The summed E-state index contributed by atoms with van der Waals surface area (Å²) >= 11 is 0. The standard InChI is InChI=1S/C14H14FNO2/c1-14(2,3)13-16-11(12(17)18-13)8-9-6-4-5-7-10(9)15/h4-8H,1-3H3/b11-8-. The number of aliphatic imine (C=N–C) groups is 1. The Kier molecular flexibility index (Phi) is 3.03. The van der Waals surface area contributed by atoms with E-state index in [0.717, 1.165) is 0 Å². The van der Waals surface area contributed by atoms with Gasteiger partial charge in [0.2, 0.25) is 5.90 Å². The summed E-state index contributed by atoms with van der Waals surface area (Å²) in [7, 11) is 0. The summed E-state index contributed by atoms with van der Waals surface area (Å²) < 4.78 is 18.5. The van der Waals surface area contributed by atoms with Crippen LogP contribution >= 0.6 is 0 Å². The smallest absolute Gasteiger partial charge is 0.363 e. The van der Waals surface area contributed by atoms with Gasteiger partial charge in [0.1, 0.15) is 5.82 Å². The number of cyclic esters (lactones) is 1. The molecule has 0 saturated heterocycles. The lowest BCUT2D eigenvalue weighted by molar-refractivity contribution is -0.130. The van der Waals surface area contributed by atoms with Crippen LogP contribution in [0.25, 0.3) is 6.08 Å². The number of hydrogen-bond donors (Lipinski definition) is 0. The molecule has 3 nitrogen and oxygen atoms in total. The number of benzene rings is 1. The number of rotatable bonds is 1. The Morgan fingerprint density at radius 3 is 2.50 bits per heavy atom. The van der Waals surface area contributed by atoms with Crippen LogP contribution in [0.1, 0.15) is 26.3 Å². The van der Waals surface area contributed by atoms with Crippen LogP contribution in [-0.4, -0.2) is 11.9 Å². The molecule has 0 bridgehead atoms. The third-order valence-corrected chi connectivity index (χ3v) is 2.46. The molecule has 0 N–H and O–H groups in total. The molecule has 94 valence electrons. The summed E-state index contributed by atoms with van der Waals surface area (Å²) in [4.78, 5) is 15.7.